The van der Waals surface area contributed by atoms with Gasteiger partial charge in [-0.25, -0.2) is 0 Å². The lowest BCUT2D eigenvalue weighted by Crippen LogP contribution is -2.36. The Bertz CT molecular complexity index is 954. The molecule has 2 aliphatic heterocycles. The fourth-order valence-electron chi connectivity index (χ4n) is 3.74. The summed E-state index contributed by atoms with van der Waals surface area (Å²) in [5.74, 6) is 0.257. The Balaban J connectivity index is 1.81. The molecular weight excluding hydrogens is 407 g/mol. The van der Waals surface area contributed by atoms with Crippen molar-refractivity contribution in [2.24, 2.45) is 22.4 Å². The van der Waals surface area contributed by atoms with Gasteiger partial charge >= 0.3 is 6.18 Å². The van der Waals surface area contributed by atoms with Gasteiger partial charge in [0.2, 0.25) is 0 Å². The monoisotopic (exact) mass is 433 g/mol. The third-order valence-corrected chi connectivity index (χ3v) is 5.67. The maximum Gasteiger partial charge on any atom is 0.416 e. The number of nitrogens with zero attached hydrogens (tertiary/aromatic N) is 2. The lowest BCUT2D eigenvalue weighted by Gasteiger charge is -2.34. The van der Waals surface area contributed by atoms with E-state index in [0.717, 1.165) is 44.0 Å². The minimum absolute atomic E-state index is 0.0144. The minimum atomic E-state index is -4.42. The van der Waals surface area contributed by atoms with E-state index in [1.165, 1.54) is 19.2 Å². The fourth-order valence-corrected chi connectivity index (χ4v) is 3.74. The summed E-state index contributed by atoms with van der Waals surface area (Å²) >= 11 is 0. The molecule has 31 heavy (non-hydrogen) atoms. The second-order valence-corrected chi connectivity index (χ2v) is 7.60. The molecule has 3 rings (SSSR count). The summed E-state index contributed by atoms with van der Waals surface area (Å²) in [6, 6.07) is 4.03. The topological polar surface area (TPSA) is 96.7 Å². The van der Waals surface area contributed by atoms with Crippen LogP contribution in [0.2, 0.25) is 0 Å². The zero-order valence-electron chi connectivity index (χ0n) is 17.2. The van der Waals surface area contributed by atoms with Crippen LogP contribution in [0.15, 0.2) is 58.6 Å². The van der Waals surface area contributed by atoms with Crippen molar-refractivity contribution in [3.8, 4) is 0 Å². The molecule has 0 amide bonds. The summed E-state index contributed by atoms with van der Waals surface area (Å²) in [4.78, 5) is 17.5. The number of carbonyl (C=O) groups excluding carboxylic acids is 1. The molecule has 9 heteroatoms. The number of carbonyl (C=O) groups is 1. The zero-order chi connectivity index (χ0) is 22.6. The van der Waals surface area contributed by atoms with Crippen molar-refractivity contribution in [1.82, 2.24) is 10.2 Å². The molecule has 1 saturated heterocycles. The third kappa shape index (κ3) is 5.10. The van der Waals surface area contributed by atoms with E-state index in [0.29, 0.717) is 16.8 Å². The first kappa shape index (κ1) is 22.5. The molecule has 1 aromatic carbocycles. The SMILES string of the molecule is Cc1c(CN=C(N)C2=CC(N3CCC(C=O)CC3)=CN/C2=C/N)cccc1C(F)(F)F. The molecule has 0 bridgehead atoms. The second-order valence-electron chi connectivity index (χ2n) is 7.60. The van der Waals surface area contributed by atoms with Gasteiger partial charge in [0.25, 0.3) is 0 Å². The van der Waals surface area contributed by atoms with E-state index in [9.17, 15) is 18.0 Å². The Morgan fingerprint density at radius 2 is 2.03 bits per heavy atom. The van der Waals surface area contributed by atoms with Crippen LogP contribution in [0.3, 0.4) is 0 Å². The van der Waals surface area contributed by atoms with Gasteiger partial charge in [0, 0.05) is 37.0 Å². The predicted octanol–water partition coefficient (Wildman–Crippen LogP) is 2.95. The summed E-state index contributed by atoms with van der Waals surface area (Å²) in [6.45, 7) is 2.92. The van der Waals surface area contributed by atoms with Crippen LogP contribution < -0.4 is 16.8 Å². The predicted molar refractivity (Wildman–Crippen MR) is 113 cm³/mol. The molecule has 1 fully saturated rings. The number of likely N-dealkylation sites (tertiary alicyclic amines) is 1. The van der Waals surface area contributed by atoms with Crippen LogP contribution in [0, 0.1) is 12.8 Å². The zero-order valence-corrected chi connectivity index (χ0v) is 17.2. The van der Waals surface area contributed by atoms with Crippen LogP contribution in [0.5, 0.6) is 0 Å². The molecule has 0 radical (unpaired) electrons. The molecule has 0 saturated carbocycles. The first-order valence-electron chi connectivity index (χ1n) is 10.0. The van der Waals surface area contributed by atoms with E-state index < -0.39 is 11.7 Å². The van der Waals surface area contributed by atoms with Gasteiger partial charge in [-0.2, -0.15) is 13.2 Å². The molecule has 0 spiro atoms. The number of amidine groups is 1. The number of dihydropyridines is 1. The number of benzene rings is 1. The molecule has 6 nitrogen and oxygen atoms in total. The molecule has 2 heterocycles. The molecule has 0 aliphatic carbocycles. The van der Waals surface area contributed by atoms with E-state index in [4.69, 9.17) is 11.5 Å². The standard InChI is InChI=1S/C22H26F3N5O/c1-14-16(3-2-4-19(14)22(23,24)25)11-29-21(27)18-9-17(12-28-20(18)10-26)30-7-5-15(13-31)6-8-30/h2-4,9-10,12-13,15,28H,5-8,11,26H2,1H3,(H2,27,29)/b20-10+. The summed E-state index contributed by atoms with van der Waals surface area (Å²) in [7, 11) is 0. The molecule has 0 atom stereocenters. The molecular formula is C22H26F3N5O. The molecule has 0 aromatic heterocycles. The summed E-state index contributed by atoms with van der Waals surface area (Å²) in [5.41, 5.74) is 13.8. The molecule has 5 N–H and O–H groups in total. The lowest BCUT2D eigenvalue weighted by molar-refractivity contribution is -0.138. The van der Waals surface area contributed by atoms with Crippen molar-refractivity contribution in [1.29, 1.82) is 0 Å². The average molecular weight is 433 g/mol. The summed E-state index contributed by atoms with van der Waals surface area (Å²) in [5, 5.41) is 3.10. The summed E-state index contributed by atoms with van der Waals surface area (Å²) in [6.07, 6.45) is 3.18. The first-order chi connectivity index (χ1) is 14.7. The van der Waals surface area contributed by atoms with Gasteiger partial charge < -0.3 is 26.5 Å². The van der Waals surface area contributed by atoms with Gasteiger partial charge in [-0.3, -0.25) is 4.99 Å². The van der Waals surface area contributed by atoms with Crippen molar-refractivity contribution in [3.05, 3.63) is 70.3 Å². The quantitative estimate of drug-likeness (QED) is 0.377. The number of hydrogen-bond acceptors (Lipinski definition) is 5. The third-order valence-electron chi connectivity index (χ3n) is 5.67. The highest BCUT2D eigenvalue weighted by atomic mass is 19.4. The molecule has 2 aliphatic rings. The Hall–Kier alpha value is -3.23. The number of alkyl halides is 3. The number of aldehydes is 1. The van der Waals surface area contributed by atoms with E-state index in [2.05, 4.69) is 15.2 Å². The van der Waals surface area contributed by atoms with Gasteiger partial charge in [0.1, 0.15) is 12.1 Å². The van der Waals surface area contributed by atoms with Gasteiger partial charge in [-0.15, -0.1) is 0 Å². The fraction of sp³-hybridized carbons (Fsp3) is 0.364. The maximum atomic E-state index is 13.2. The van der Waals surface area contributed by atoms with E-state index >= 15 is 0 Å². The molecule has 1 aromatic rings. The number of hydrogen-bond donors (Lipinski definition) is 3. The van der Waals surface area contributed by atoms with E-state index in [-0.39, 0.29) is 23.9 Å². The number of piperidine rings is 1. The number of rotatable bonds is 5. The van der Waals surface area contributed by atoms with Crippen molar-refractivity contribution in [3.63, 3.8) is 0 Å². The molecule has 0 unspecified atom stereocenters. The molecule has 166 valence electrons. The van der Waals surface area contributed by atoms with Crippen LogP contribution in [-0.4, -0.2) is 30.1 Å². The Labute approximate surface area is 179 Å². The summed E-state index contributed by atoms with van der Waals surface area (Å²) < 4.78 is 39.5. The first-order valence-corrected chi connectivity index (χ1v) is 10.0. The Morgan fingerprint density at radius 3 is 2.65 bits per heavy atom. The van der Waals surface area contributed by atoms with Crippen LogP contribution in [-0.2, 0) is 17.5 Å². The van der Waals surface area contributed by atoms with Crippen molar-refractivity contribution in [2.75, 3.05) is 13.1 Å². The van der Waals surface area contributed by atoms with Crippen LogP contribution in [0.4, 0.5) is 13.2 Å². The number of allylic oxidation sites excluding steroid dienone is 1. The van der Waals surface area contributed by atoms with Crippen LogP contribution >= 0.6 is 0 Å². The van der Waals surface area contributed by atoms with Gasteiger partial charge in [-0.1, -0.05) is 12.1 Å². The van der Waals surface area contributed by atoms with Crippen molar-refractivity contribution >= 4 is 12.1 Å². The lowest BCUT2D eigenvalue weighted by atomic mass is 9.97. The van der Waals surface area contributed by atoms with Gasteiger partial charge in [-0.05, 0) is 43.0 Å². The normalized spacial score (nSPS) is 19.7. The number of aliphatic imine (C=N–C) groups is 1. The number of halogens is 3. The largest absolute Gasteiger partial charge is 0.416 e. The Kier molecular flexibility index (Phi) is 6.72. The number of nitrogens with two attached hydrogens (primary N) is 2. The van der Waals surface area contributed by atoms with Gasteiger partial charge in [0.05, 0.1) is 23.5 Å². The van der Waals surface area contributed by atoms with E-state index in [1.807, 2.05) is 12.3 Å². The maximum absolute atomic E-state index is 13.2. The highest BCUT2D eigenvalue weighted by Gasteiger charge is 2.32. The number of nitrogens with one attached hydrogen (secondary N) is 1. The highest BCUT2D eigenvalue weighted by Crippen LogP contribution is 2.33. The highest BCUT2D eigenvalue weighted by molar-refractivity contribution is 6.01. The average Bonchev–Trinajstić information content (AvgIpc) is 2.77. The second kappa shape index (κ2) is 9.28. The van der Waals surface area contributed by atoms with E-state index in [1.54, 1.807) is 6.07 Å². The minimum Gasteiger partial charge on any atom is -0.403 e. The van der Waals surface area contributed by atoms with Crippen LogP contribution in [0.1, 0.15) is 29.5 Å². The van der Waals surface area contributed by atoms with Crippen molar-refractivity contribution in [2.45, 2.75) is 32.5 Å². The van der Waals surface area contributed by atoms with Crippen molar-refractivity contribution < 1.29 is 18.0 Å². The van der Waals surface area contributed by atoms with Gasteiger partial charge in [0.15, 0.2) is 0 Å². The smallest absolute Gasteiger partial charge is 0.403 e. The Morgan fingerprint density at radius 1 is 1.32 bits per heavy atom. The van der Waals surface area contributed by atoms with Crippen LogP contribution in [0.25, 0.3) is 0 Å².